The summed E-state index contributed by atoms with van der Waals surface area (Å²) in [5.41, 5.74) is 10.3. The van der Waals surface area contributed by atoms with Gasteiger partial charge in [0.1, 0.15) is 0 Å². The molecule has 0 amide bonds. The molecule has 3 saturated carbocycles. The van der Waals surface area contributed by atoms with E-state index in [0.717, 1.165) is 12.8 Å². The number of hydrogen-bond donors (Lipinski definition) is 0. The van der Waals surface area contributed by atoms with Crippen LogP contribution in [0.5, 0.6) is 0 Å². The second-order valence-electron chi connectivity index (χ2n) is 17.3. The number of halogens is 2. The Morgan fingerprint density at radius 1 is 0.769 bits per heavy atom. The van der Waals surface area contributed by atoms with Gasteiger partial charge in [-0.25, -0.2) is 18.1 Å². The molecule has 0 aromatic heterocycles. The molecule has 2 unspecified atom stereocenters. The summed E-state index contributed by atoms with van der Waals surface area (Å²) in [5, 5.41) is 0. The van der Waals surface area contributed by atoms with E-state index in [0.29, 0.717) is 5.92 Å². The van der Waals surface area contributed by atoms with Gasteiger partial charge in [-0.1, -0.05) is 165 Å². The van der Waals surface area contributed by atoms with Gasteiger partial charge in [-0.3, -0.25) is 6.08 Å². The Balaban J connectivity index is 0.000000331. The molecule has 0 bridgehead atoms. The quantitative estimate of drug-likeness (QED) is 0.139. The average molecular weight is 837 g/mol. The van der Waals surface area contributed by atoms with E-state index < -0.39 is 0 Å². The summed E-state index contributed by atoms with van der Waals surface area (Å²) in [7, 11) is 0. The molecule has 3 fully saturated rings. The van der Waals surface area contributed by atoms with Crippen molar-refractivity contribution in [3.05, 3.63) is 107 Å². The zero-order valence-electron chi connectivity index (χ0n) is 34.1. The van der Waals surface area contributed by atoms with E-state index in [4.69, 9.17) is 0 Å². The van der Waals surface area contributed by atoms with Crippen molar-refractivity contribution in [2.45, 2.75) is 158 Å². The summed E-state index contributed by atoms with van der Waals surface area (Å²) in [6, 6.07) is 9.16. The van der Waals surface area contributed by atoms with Crippen molar-refractivity contribution >= 4 is 37.3 Å². The van der Waals surface area contributed by atoms with Crippen LogP contribution in [0.4, 0.5) is 0 Å². The zero-order valence-corrected chi connectivity index (χ0v) is 39.1. The third kappa shape index (κ3) is 9.70. The van der Waals surface area contributed by atoms with Crippen LogP contribution in [0.15, 0.2) is 71.4 Å². The minimum absolute atomic E-state index is 0. The summed E-state index contributed by atoms with van der Waals surface area (Å²) >= 11 is 1.36. The SMILES string of the molecule is C[C-]1C2=C3Cc4ccccc4C3=C3C=CCCC3C2(C)C(C)(C)C(C)(C)C1(C)C.Cl.Cl.[C-]1=CC=CC1.[CH-]1CCCCCC1.[CH-]1CCCCCC1.[Si]=[Zr]. The molecule has 7 aliphatic rings. The minimum atomic E-state index is 0. The van der Waals surface area contributed by atoms with Crippen LogP contribution in [0.3, 0.4) is 0 Å². The van der Waals surface area contributed by atoms with Crippen molar-refractivity contribution in [3.8, 4) is 0 Å². The Bertz CT molecular complexity index is 1360. The third-order valence-corrected chi connectivity index (χ3v) is 14.5. The Hall–Kier alpha value is -0.530. The van der Waals surface area contributed by atoms with Gasteiger partial charge in [-0.05, 0) is 40.6 Å². The van der Waals surface area contributed by atoms with E-state index in [1.165, 1.54) is 124 Å². The van der Waals surface area contributed by atoms with Crippen molar-refractivity contribution in [3.63, 3.8) is 0 Å². The molecule has 0 heterocycles. The van der Waals surface area contributed by atoms with Crippen molar-refractivity contribution in [1.82, 2.24) is 0 Å². The van der Waals surface area contributed by atoms with Crippen LogP contribution in [0, 0.1) is 52.4 Å². The summed E-state index contributed by atoms with van der Waals surface area (Å²) in [6.07, 6.45) is 40.5. The molecule has 8 rings (SSSR count). The Kier molecular flexibility index (Phi) is 19.9. The molecule has 1 aromatic rings. The van der Waals surface area contributed by atoms with Gasteiger partial charge in [-0.15, -0.1) is 38.2 Å². The van der Waals surface area contributed by atoms with Gasteiger partial charge < -0.3 is 12.8 Å². The number of rotatable bonds is 0. The standard InChI is InChI=1S/C29H37.2C7H13.C5H5.2ClH.Si.Zr/c1-18-25-22-17-19-13-9-10-14-20(19)24(22)21-15-11-12-16-23(21)29(25,8)28(6,7)27(4,5)26(18,2)3;2*1-2-4-6-7-5-3-1;1-2-4-5-3-1;;;;/h9-11,13-15,23H,12,16-17H2,1-8H3;2*1H,2-7H2;1-3H,4H2;2*1H;;/q4*-1;;;;. The van der Waals surface area contributed by atoms with E-state index in [1.54, 1.807) is 28.2 Å². The molecule has 0 saturated heterocycles. The molecular weight excluding hydrogens is 767 g/mol. The fourth-order valence-corrected chi connectivity index (χ4v) is 10.1. The number of hydrogen-bond acceptors (Lipinski definition) is 0. The van der Waals surface area contributed by atoms with Gasteiger partial charge >= 0.3 is 30.2 Å². The van der Waals surface area contributed by atoms with Crippen LogP contribution in [0.1, 0.15) is 163 Å². The van der Waals surface area contributed by atoms with E-state index >= 15 is 0 Å². The van der Waals surface area contributed by atoms with Gasteiger partial charge in [0.05, 0.1) is 0 Å². The Morgan fingerprint density at radius 3 is 1.83 bits per heavy atom. The monoisotopic (exact) mass is 834 g/mol. The maximum atomic E-state index is 3.06. The van der Waals surface area contributed by atoms with Crippen LogP contribution in [-0.4, -0.2) is 6.88 Å². The molecule has 0 nitrogen and oxygen atoms in total. The van der Waals surface area contributed by atoms with Gasteiger partial charge in [-0.2, -0.15) is 42.9 Å². The fraction of sp³-hybridized carbons (Fsp3) is 0.604. The second kappa shape index (κ2) is 21.7. The van der Waals surface area contributed by atoms with Crippen molar-refractivity contribution < 1.29 is 23.3 Å². The summed E-state index contributed by atoms with van der Waals surface area (Å²) < 4.78 is 0. The molecule has 1 aromatic carbocycles. The van der Waals surface area contributed by atoms with Crippen LogP contribution >= 0.6 is 24.8 Å². The first-order chi connectivity index (χ1) is 24.0. The molecule has 0 spiro atoms. The Labute approximate surface area is 351 Å². The summed E-state index contributed by atoms with van der Waals surface area (Å²) in [4.78, 5) is 0. The average Bonchev–Trinajstić information content (AvgIpc) is 3.61. The predicted octanol–water partition coefficient (Wildman–Crippen LogP) is 14.8. The van der Waals surface area contributed by atoms with Crippen LogP contribution in [0.2, 0.25) is 0 Å². The molecule has 4 heteroatoms. The van der Waals surface area contributed by atoms with Gasteiger partial charge in [0.2, 0.25) is 0 Å². The predicted molar refractivity (Wildman–Crippen MR) is 230 cm³/mol. The van der Waals surface area contributed by atoms with Crippen LogP contribution < -0.4 is 0 Å². The Morgan fingerprint density at radius 2 is 1.33 bits per heavy atom. The molecule has 0 aliphatic heterocycles. The van der Waals surface area contributed by atoms with E-state index in [1.807, 2.05) is 12.2 Å². The summed E-state index contributed by atoms with van der Waals surface area (Å²) in [6.45, 7) is 23.4. The van der Waals surface area contributed by atoms with Crippen molar-refractivity contribution in [2.75, 3.05) is 0 Å². The van der Waals surface area contributed by atoms with Gasteiger partial charge in [0, 0.05) is 0 Å². The van der Waals surface area contributed by atoms with Crippen molar-refractivity contribution in [1.29, 1.82) is 0 Å². The topological polar surface area (TPSA) is 0 Å². The first-order valence-corrected chi connectivity index (χ1v) is 24.3. The van der Waals surface area contributed by atoms with E-state index in [-0.39, 0.29) is 46.5 Å². The molecule has 2 atom stereocenters. The number of fused-ring (bicyclic) bond motifs is 6. The number of benzene rings is 1. The van der Waals surface area contributed by atoms with Gasteiger partial charge in [0.25, 0.3) is 0 Å². The normalized spacial score (nSPS) is 26.8. The third-order valence-electron chi connectivity index (χ3n) is 14.5. The second-order valence-corrected chi connectivity index (χ2v) is 17.3. The van der Waals surface area contributed by atoms with E-state index in [9.17, 15) is 0 Å². The zero-order chi connectivity index (χ0) is 36.4. The molecule has 288 valence electrons. The molecule has 0 N–H and O–H groups in total. The first-order valence-electron chi connectivity index (χ1n) is 20.2. The summed E-state index contributed by atoms with van der Waals surface area (Å²) in [5.74, 6) is 2.24. The van der Waals surface area contributed by atoms with E-state index in [2.05, 4.69) is 124 Å². The fourth-order valence-electron chi connectivity index (χ4n) is 10.1. The molecular formula is C48H70Cl2SiZr-4. The molecule has 2 radical (unpaired) electrons. The molecule has 7 aliphatic carbocycles. The molecule has 52 heavy (non-hydrogen) atoms. The number of allylic oxidation sites excluding steroid dienone is 10. The van der Waals surface area contributed by atoms with Gasteiger partial charge in [0.15, 0.2) is 0 Å². The van der Waals surface area contributed by atoms with Crippen LogP contribution in [-0.2, 0) is 29.8 Å². The van der Waals surface area contributed by atoms with Crippen LogP contribution in [0.25, 0.3) is 5.57 Å². The maximum absolute atomic E-state index is 3.06. The first kappa shape index (κ1) is 47.6. The van der Waals surface area contributed by atoms with Crippen molar-refractivity contribution in [2.24, 2.45) is 27.6 Å².